The normalized spacial score (nSPS) is 32.3. The van der Waals surface area contributed by atoms with Crippen LogP contribution < -0.4 is 0 Å². The highest BCUT2D eigenvalue weighted by Gasteiger charge is 2.34. The van der Waals surface area contributed by atoms with Crippen molar-refractivity contribution in [1.82, 2.24) is 9.80 Å². The number of azide groups is 1. The van der Waals surface area contributed by atoms with Gasteiger partial charge in [-0.3, -0.25) is 4.90 Å². The second kappa shape index (κ2) is 4.84. The van der Waals surface area contributed by atoms with E-state index in [0.29, 0.717) is 6.54 Å². The van der Waals surface area contributed by atoms with Crippen molar-refractivity contribution in [2.45, 2.75) is 31.3 Å². The summed E-state index contributed by atoms with van der Waals surface area (Å²) in [6.45, 7) is 3.83. The van der Waals surface area contributed by atoms with Gasteiger partial charge in [-0.2, -0.15) is 0 Å². The fourth-order valence-electron chi connectivity index (χ4n) is 2.81. The summed E-state index contributed by atoms with van der Waals surface area (Å²) >= 11 is 0. The Balaban J connectivity index is 1.86. The van der Waals surface area contributed by atoms with Crippen molar-refractivity contribution >= 4 is 0 Å². The molecule has 15 heavy (non-hydrogen) atoms. The molecule has 2 heterocycles. The Morgan fingerprint density at radius 2 is 2.13 bits per heavy atom. The molecule has 2 fully saturated rings. The maximum atomic E-state index is 8.23. The number of fused-ring (bicyclic) bond motifs is 2. The van der Waals surface area contributed by atoms with Gasteiger partial charge in [-0.15, -0.1) is 0 Å². The molecule has 0 amide bonds. The molecule has 2 bridgehead atoms. The van der Waals surface area contributed by atoms with E-state index in [1.807, 2.05) is 0 Å². The van der Waals surface area contributed by atoms with Crippen molar-refractivity contribution in [2.24, 2.45) is 5.11 Å². The first kappa shape index (κ1) is 10.7. The molecular weight excluding hydrogens is 190 g/mol. The molecule has 0 aliphatic carbocycles. The lowest BCUT2D eigenvalue weighted by Gasteiger charge is -2.24. The Morgan fingerprint density at radius 3 is 2.93 bits per heavy atom. The molecule has 0 radical (unpaired) electrons. The lowest BCUT2D eigenvalue weighted by atomic mass is 10.1. The van der Waals surface area contributed by atoms with Gasteiger partial charge < -0.3 is 4.90 Å². The van der Waals surface area contributed by atoms with Gasteiger partial charge in [0.2, 0.25) is 0 Å². The third-order valence-corrected chi connectivity index (χ3v) is 3.81. The van der Waals surface area contributed by atoms with Crippen LogP contribution in [0.3, 0.4) is 0 Å². The molecule has 5 nitrogen and oxygen atoms in total. The summed E-state index contributed by atoms with van der Waals surface area (Å²) in [6, 6.07) is 1.52. The monoisotopic (exact) mass is 209 g/mol. The fraction of sp³-hybridized carbons (Fsp3) is 1.00. The van der Waals surface area contributed by atoms with Gasteiger partial charge in [-0.05, 0) is 38.4 Å². The van der Waals surface area contributed by atoms with Crippen molar-refractivity contribution in [3.05, 3.63) is 10.4 Å². The molecule has 2 aliphatic rings. The number of likely N-dealkylation sites (N-methyl/N-ethyl adjacent to an activating group) is 1. The maximum absolute atomic E-state index is 8.23. The minimum Gasteiger partial charge on any atom is -0.302 e. The van der Waals surface area contributed by atoms with Gasteiger partial charge in [0.05, 0.1) is 0 Å². The van der Waals surface area contributed by atoms with E-state index < -0.39 is 0 Å². The van der Waals surface area contributed by atoms with Gasteiger partial charge in [0.15, 0.2) is 0 Å². The molecule has 2 saturated heterocycles. The molecule has 2 aliphatic heterocycles. The highest BCUT2D eigenvalue weighted by Crippen LogP contribution is 2.28. The van der Waals surface area contributed by atoms with E-state index in [9.17, 15) is 0 Å². The Hall–Kier alpha value is -0.770. The zero-order chi connectivity index (χ0) is 10.7. The van der Waals surface area contributed by atoms with E-state index in [2.05, 4.69) is 26.9 Å². The van der Waals surface area contributed by atoms with E-state index in [1.165, 1.54) is 19.3 Å². The molecule has 2 rings (SSSR count). The zero-order valence-corrected chi connectivity index (χ0v) is 9.34. The Kier molecular flexibility index (Phi) is 3.46. The van der Waals surface area contributed by atoms with Crippen LogP contribution >= 0.6 is 0 Å². The zero-order valence-electron chi connectivity index (χ0n) is 9.34. The van der Waals surface area contributed by atoms with Crippen molar-refractivity contribution in [1.29, 1.82) is 0 Å². The van der Waals surface area contributed by atoms with Crippen LogP contribution in [0.5, 0.6) is 0 Å². The summed E-state index contributed by atoms with van der Waals surface area (Å²) < 4.78 is 0. The first-order valence-electron chi connectivity index (χ1n) is 5.76. The van der Waals surface area contributed by atoms with Crippen molar-refractivity contribution < 1.29 is 0 Å². The number of hydrogen-bond donors (Lipinski definition) is 0. The topological polar surface area (TPSA) is 55.2 Å². The van der Waals surface area contributed by atoms with Crippen molar-refractivity contribution in [2.75, 3.05) is 33.2 Å². The molecule has 0 saturated carbocycles. The standard InChI is InChI=1S/C10H19N5/c1-14-9-2-3-10(14)8-15(6-4-9)7-5-12-13-11/h9-10H,2-8H2,1H3. The Labute approximate surface area is 90.7 Å². The highest BCUT2D eigenvalue weighted by molar-refractivity contribution is 4.90. The molecule has 0 N–H and O–H groups in total. The summed E-state index contributed by atoms with van der Waals surface area (Å²) in [6.07, 6.45) is 3.97. The number of nitrogens with zero attached hydrogens (tertiary/aromatic N) is 5. The van der Waals surface area contributed by atoms with Crippen LogP contribution in [0.4, 0.5) is 0 Å². The first-order chi connectivity index (χ1) is 7.31. The van der Waals surface area contributed by atoms with Crippen LogP contribution in [0.1, 0.15) is 19.3 Å². The van der Waals surface area contributed by atoms with E-state index in [4.69, 9.17) is 5.53 Å². The molecule has 0 aromatic rings. The lowest BCUT2D eigenvalue weighted by Crippen LogP contribution is -2.37. The Bertz CT molecular complexity index is 261. The van der Waals surface area contributed by atoms with Crippen LogP contribution in [0, 0.1) is 0 Å². The van der Waals surface area contributed by atoms with E-state index in [0.717, 1.165) is 31.7 Å². The van der Waals surface area contributed by atoms with Crippen LogP contribution in [0.2, 0.25) is 0 Å². The fourth-order valence-corrected chi connectivity index (χ4v) is 2.81. The van der Waals surface area contributed by atoms with E-state index in [1.54, 1.807) is 0 Å². The predicted octanol–water partition coefficient (Wildman–Crippen LogP) is 1.47. The summed E-state index contributed by atoms with van der Waals surface area (Å²) in [5.74, 6) is 0. The smallest absolute Gasteiger partial charge is 0.0385 e. The largest absolute Gasteiger partial charge is 0.302 e. The van der Waals surface area contributed by atoms with Gasteiger partial charge in [0, 0.05) is 36.6 Å². The number of likely N-dealkylation sites (tertiary alicyclic amines) is 1. The average molecular weight is 209 g/mol. The SMILES string of the molecule is CN1C2CCC1CN(CCN=[N+]=[N-])CC2. The lowest BCUT2D eigenvalue weighted by molar-refractivity contribution is 0.222. The van der Waals surface area contributed by atoms with Gasteiger partial charge in [0.25, 0.3) is 0 Å². The quantitative estimate of drug-likeness (QED) is 0.401. The van der Waals surface area contributed by atoms with Gasteiger partial charge >= 0.3 is 0 Å². The van der Waals surface area contributed by atoms with E-state index in [-0.39, 0.29) is 0 Å². The molecular formula is C10H19N5. The Morgan fingerprint density at radius 1 is 1.33 bits per heavy atom. The highest BCUT2D eigenvalue weighted by atomic mass is 15.3. The minimum atomic E-state index is 0.609. The van der Waals surface area contributed by atoms with Crippen LogP contribution in [-0.2, 0) is 0 Å². The van der Waals surface area contributed by atoms with Crippen molar-refractivity contribution in [3.8, 4) is 0 Å². The first-order valence-corrected chi connectivity index (χ1v) is 5.76. The van der Waals surface area contributed by atoms with Gasteiger partial charge in [0.1, 0.15) is 0 Å². The molecule has 0 spiro atoms. The van der Waals surface area contributed by atoms with Crippen molar-refractivity contribution in [3.63, 3.8) is 0 Å². The summed E-state index contributed by atoms with van der Waals surface area (Å²) in [7, 11) is 2.25. The van der Waals surface area contributed by atoms with Gasteiger partial charge in [-0.25, -0.2) is 0 Å². The van der Waals surface area contributed by atoms with Crippen LogP contribution in [-0.4, -0.2) is 55.1 Å². The number of hydrogen-bond acceptors (Lipinski definition) is 3. The van der Waals surface area contributed by atoms with E-state index >= 15 is 0 Å². The second-order valence-corrected chi connectivity index (χ2v) is 4.59. The summed E-state index contributed by atoms with van der Waals surface area (Å²) in [4.78, 5) is 7.77. The maximum Gasteiger partial charge on any atom is 0.0385 e. The average Bonchev–Trinajstić information content (AvgIpc) is 2.46. The third-order valence-electron chi connectivity index (χ3n) is 3.81. The van der Waals surface area contributed by atoms with Crippen LogP contribution in [0.25, 0.3) is 10.4 Å². The molecule has 2 unspecified atom stereocenters. The minimum absolute atomic E-state index is 0.609. The predicted molar refractivity (Wildman–Crippen MR) is 59.6 cm³/mol. The molecule has 2 atom stereocenters. The molecule has 0 aromatic heterocycles. The molecule has 84 valence electrons. The molecule has 5 heteroatoms. The second-order valence-electron chi connectivity index (χ2n) is 4.59. The summed E-state index contributed by atoms with van der Waals surface area (Å²) in [5, 5.41) is 3.60. The molecule has 0 aromatic carbocycles. The summed E-state index contributed by atoms with van der Waals surface area (Å²) in [5.41, 5.74) is 8.23. The van der Waals surface area contributed by atoms with Gasteiger partial charge in [-0.1, -0.05) is 5.11 Å². The third kappa shape index (κ3) is 2.43. The number of rotatable bonds is 3. The van der Waals surface area contributed by atoms with Crippen LogP contribution in [0.15, 0.2) is 5.11 Å².